The Morgan fingerprint density at radius 2 is 1.93 bits per heavy atom. The Labute approximate surface area is 250 Å². The van der Waals surface area contributed by atoms with E-state index in [-0.39, 0.29) is 34.7 Å². The number of aliphatic hydroxyl groups excluding tert-OH is 1. The van der Waals surface area contributed by atoms with Crippen LogP contribution in [-0.4, -0.2) is 73.8 Å². The Morgan fingerprint density at radius 1 is 1.23 bits per heavy atom. The molecule has 1 aliphatic heterocycles. The maximum atomic E-state index is 14.4. The number of anilines is 2. The van der Waals surface area contributed by atoms with Crippen molar-refractivity contribution in [1.29, 1.82) is 0 Å². The Kier molecular flexibility index (Phi) is 9.05. The van der Waals surface area contributed by atoms with Crippen LogP contribution in [0.2, 0.25) is 0 Å². The van der Waals surface area contributed by atoms with Crippen molar-refractivity contribution in [2.75, 3.05) is 17.7 Å². The number of hydrogen-bond acceptors (Lipinski definition) is 12. The number of aliphatic hydroxyl groups is 1. The van der Waals surface area contributed by atoms with Crippen LogP contribution >= 0.6 is 7.75 Å². The number of carbonyl (C=O) groups is 1. The van der Waals surface area contributed by atoms with Crippen LogP contribution in [-0.2, 0) is 23.4 Å². The summed E-state index contributed by atoms with van der Waals surface area (Å²) in [4.78, 5) is 24.8. The molecule has 3 aromatic rings. The van der Waals surface area contributed by atoms with Crippen molar-refractivity contribution in [3.05, 3.63) is 36.7 Å². The first-order valence-electron chi connectivity index (χ1n) is 13.9. The number of nitrogen functional groups attached to an aromatic ring is 1. The largest absolute Gasteiger partial charge is 0.462 e. The molecule has 14 nitrogen and oxygen atoms in total. The molecule has 0 amide bonds. The van der Waals surface area contributed by atoms with Crippen LogP contribution in [0, 0.1) is 5.92 Å². The van der Waals surface area contributed by atoms with Gasteiger partial charge in [-0.05, 0) is 45.7 Å². The highest BCUT2D eigenvalue weighted by Crippen LogP contribution is 2.49. The molecule has 44 heavy (non-hydrogen) atoms. The highest BCUT2D eigenvalue weighted by molar-refractivity contribution is 7.52. The van der Waals surface area contributed by atoms with Gasteiger partial charge in [0.25, 0.3) is 0 Å². The lowest BCUT2D eigenvalue weighted by molar-refractivity contribution is -0.210. The third-order valence-electron chi connectivity index (χ3n) is 6.81. The van der Waals surface area contributed by atoms with E-state index in [9.17, 15) is 27.6 Å². The molecule has 1 saturated heterocycles. The van der Waals surface area contributed by atoms with Crippen LogP contribution in [0.1, 0.15) is 39.8 Å². The average Bonchev–Trinajstić information content (AvgIpc) is 3.54. The highest BCUT2D eigenvalue weighted by Gasteiger charge is 2.59. The zero-order valence-electron chi connectivity index (χ0n) is 24.0. The van der Waals surface area contributed by atoms with Gasteiger partial charge in [0.05, 0.1) is 25.1 Å². The number of benzene rings is 1. The lowest BCUT2D eigenvalue weighted by Gasteiger charge is -2.25. The smallest absolute Gasteiger partial charge is 0.459 e. The van der Waals surface area contributed by atoms with Crippen LogP contribution in [0.4, 0.5) is 24.9 Å². The molecule has 0 radical (unpaired) electrons. The van der Waals surface area contributed by atoms with Crippen molar-refractivity contribution in [2.45, 2.75) is 76.4 Å². The Morgan fingerprint density at radius 3 is 2.57 bits per heavy atom. The van der Waals surface area contributed by atoms with Gasteiger partial charge in [-0.15, -0.1) is 0 Å². The lowest BCUT2D eigenvalue weighted by Crippen LogP contribution is -2.40. The number of aromatic nitrogens is 4. The third kappa shape index (κ3) is 7.24. The summed E-state index contributed by atoms with van der Waals surface area (Å²) in [5.41, 5.74) is 5.99. The molecule has 2 fully saturated rings. The molecule has 5 N–H and O–H groups in total. The Balaban J connectivity index is 1.40. The van der Waals surface area contributed by atoms with Crippen molar-refractivity contribution >= 4 is 36.6 Å². The van der Waals surface area contributed by atoms with Gasteiger partial charge in [-0.25, -0.2) is 9.55 Å². The molecule has 2 aromatic heterocycles. The highest BCUT2D eigenvalue weighted by atomic mass is 31.2. The number of para-hydroxylation sites is 1. The number of ether oxygens (including phenoxy) is 2. The summed E-state index contributed by atoms with van der Waals surface area (Å²) >= 11 is 0. The maximum Gasteiger partial charge on any atom is 0.459 e. The van der Waals surface area contributed by atoms with Crippen LogP contribution in [0.5, 0.6) is 5.75 Å². The van der Waals surface area contributed by atoms with Crippen LogP contribution in [0.3, 0.4) is 0 Å². The van der Waals surface area contributed by atoms with Gasteiger partial charge < -0.3 is 30.2 Å². The predicted octanol–water partition coefficient (Wildman–Crippen LogP) is 3.55. The van der Waals surface area contributed by atoms with Crippen molar-refractivity contribution in [3.63, 3.8) is 0 Å². The lowest BCUT2D eigenvalue weighted by atomic mass is 9.99. The number of rotatable bonds is 12. The predicted molar refractivity (Wildman–Crippen MR) is 150 cm³/mol. The molecule has 240 valence electrons. The minimum absolute atomic E-state index is 0.0362. The van der Waals surface area contributed by atoms with E-state index < -0.39 is 63.0 Å². The van der Waals surface area contributed by atoms with E-state index in [0.29, 0.717) is 0 Å². The molecule has 3 heterocycles. The molecule has 0 bridgehead atoms. The molecule has 5 rings (SSSR count). The average molecular weight is 644 g/mol. The van der Waals surface area contributed by atoms with Gasteiger partial charge in [-0.2, -0.15) is 28.2 Å². The molecule has 2 aliphatic rings. The van der Waals surface area contributed by atoms with E-state index in [0.717, 1.165) is 23.7 Å². The van der Waals surface area contributed by atoms with Crippen molar-refractivity contribution in [3.8, 4) is 5.75 Å². The summed E-state index contributed by atoms with van der Waals surface area (Å²) in [7, 11) is -4.46. The summed E-state index contributed by atoms with van der Waals surface area (Å²) in [6, 6.07) is 6.75. The van der Waals surface area contributed by atoms with E-state index in [2.05, 4.69) is 25.4 Å². The number of imidazole rings is 1. The standard InChI is InChI=1S/C26H33F3N7O7P/c1-13(2)41-24(38)14(3)35-44(39,43-16-7-5-4-6-8-16)40-11-17-20(37)18(26(27,28)29)23(42-17)36-12-31-19-21(32-15-9-10-15)33-25(30)34-22(19)36/h4-8,12-15,17-18,20,23,37H,9-11H2,1-3H3,(H,35,39)(H3,30,32,33,34)/t14-,17+,18-,20+,23+,44-/m0/s1. The number of nitrogens with one attached hydrogen (secondary N) is 2. The second-order valence-corrected chi connectivity index (χ2v) is 12.5. The van der Waals surface area contributed by atoms with E-state index >= 15 is 0 Å². The Bertz CT molecular complexity index is 1520. The van der Waals surface area contributed by atoms with E-state index in [4.69, 9.17) is 24.3 Å². The Hall–Kier alpha value is -3.50. The second-order valence-electron chi connectivity index (χ2n) is 10.8. The summed E-state index contributed by atoms with van der Waals surface area (Å²) in [5, 5.41) is 16.4. The number of nitrogens with two attached hydrogens (primary N) is 1. The van der Waals surface area contributed by atoms with Crippen LogP contribution in [0.25, 0.3) is 11.2 Å². The number of esters is 1. The first-order valence-corrected chi connectivity index (χ1v) is 15.4. The first kappa shape index (κ1) is 31.9. The minimum Gasteiger partial charge on any atom is -0.462 e. The maximum absolute atomic E-state index is 14.4. The molecule has 18 heteroatoms. The van der Waals surface area contributed by atoms with Gasteiger partial charge in [0.1, 0.15) is 23.8 Å². The minimum atomic E-state index is -4.94. The number of carbonyl (C=O) groups excluding carboxylic acids is 1. The SMILES string of the molecule is CC(C)OC(=O)[C@H](C)N[P@](=O)(OC[C@H]1O[C@@H](n2cnc3c(NC4CC4)nc(N)nc32)[C@@H](C(F)(F)F)[C@@H]1O)Oc1ccccc1. The quantitative estimate of drug-likeness (QED) is 0.166. The molecular formula is C26H33F3N7O7P. The molecule has 0 spiro atoms. The molecule has 0 unspecified atom stereocenters. The summed E-state index contributed by atoms with van der Waals surface area (Å²) in [6.45, 7) is 3.80. The second kappa shape index (κ2) is 12.5. The van der Waals surface area contributed by atoms with Crippen LogP contribution in [0.15, 0.2) is 36.7 Å². The number of fused-ring (bicyclic) bond motifs is 1. The fourth-order valence-corrected chi connectivity index (χ4v) is 6.13. The monoisotopic (exact) mass is 643 g/mol. The molecule has 1 saturated carbocycles. The number of halogens is 3. The molecule has 1 aliphatic carbocycles. The molecule has 6 atom stereocenters. The number of hydrogen-bond donors (Lipinski definition) is 4. The van der Waals surface area contributed by atoms with Gasteiger partial charge in [-0.3, -0.25) is 13.9 Å². The first-order chi connectivity index (χ1) is 20.7. The molecular weight excluding hydrogens is 610 g/mol. The third-order valence-corrected chi connectivity index (χ3v) is 8.46. The summed E-state index contributed by atoms with van der Waals surface area (Å²) < 4.78 is 79.8. The van der Waals surface area contributed by atoms with Gasteiger partial charge in [-0.1, -0.05) is 18.2 Å². The fourth-order valence-electron chi connectivity index (χ4n) is 4.62. The van der Waals surface area contributed by atoms with Crippen molar-refractivity contribution in [2.24, 2.45) is 5.92 Å². The van der Waals surface area contributed by atoms with Gasteiger partial charge in [0.15, 0.2) is 23.2 Å². The van der Waals surface area contributed by atoms with Gasteiger partial charge >= 0.3 is 19.9 Å². The van der Waals surface area contributed by atoms with Crippen LogP contribution < -0.4 is 20.7 Å². The van der Waals surface area contributed by atoms with E-state index in [1.165, 1.54) is 19.1 Å². The van der Waals surface area contributed by atoms with Gasteiger partial charge in [0, 0.05) is 6.04 Å². The summed E-state index contributed by atoms with van der Waals surface area (Å²) in [6.07, 6.45) is -8.16. The van der Waals surface area contributed by atoms with Crippen molar-refractivity contribution in [1.82, 2.24) is 24.6 Å². The normalized spacial score (nSPS) is 24.3. The molecule has 1 aromatic carbocycles. The van der Waals surface area contributed by atoms with Gasteiger partial charge in [0.2, 0.25) is 5.95 Å². The zero-order chi connectivity index (χ0) is 31.8. The van der Waals surface area contributed by atoms with E-state index in [1.807, 2.05) is 0 Å². The zero-order valence-corrected chi connectivity index (χ0v) is 24.9. The number of nitrogens with zero attached hydrogens (tertiary/aromatic N) is 4. The number of alkyl halides is 3. The summed E-state index contributed by atoms with van der Waals surface area (Å²) in [5.74, 6) is -3.06. The van der Waals surface area contributed by atoms with Crippen molar-refractivity contribution < 1.29 is 46.2 Å². The fraction of sp³-hybridized carbons (Fsp3) is 0.538. The topological polar surface area (TPSA) is 185 Å². The van der Waals surface area contributed by atoms with E-state index in [1.54, 1.807) is 32.0 Å².